The summed E-state index contributed by atoms with van der Waals surface area (Å²) in [5.41, 5.74) is 0. The highest BCUT2D eigenvalue weighted by molar-refractivity contribution is 4.73. The zero-order chi connectivity index (χ0) is 11.7. The minimum Gasteiger partial charge on any atom is -0.395 e. The maximum Gasteiger partial charge on any atom is 0.0597 e. The first-order valence-corrected chi connectivity index (χ1v) is 6.21. The van der Waals surface area contributed by atoms with Crippen molar-refractivity contribution < 1.29 is 5.11 Å². The van der Waals surface area contributed by atoms with E-state index < -0.39 is 0 Å². The lowest BCUT2D eigenvalue weighted by Gasteiger charge is -2.31. The molecule has 0 radical (unpaired) electrons. The lowest BCUT2D eigenvalue weighted by molar-refractivity contribution is 0.150. The van der Waals surface area contributed by atoms with E-state index >= 15 is 0 Å². The molecule has 0 aliphatic carbocycles. The van der Waals surface area contributed by atoms with E-state index in [0.29, 0.717) is 6.04 Å². The third kappa shape index (κ3) is 6.13. The molecule has 0 spiro atoms. The molecule has 2 atom stereocenters. The summed E-state index contributed by atoms with van der Waals surface area (Å²) in [7, 11) is 1.91. The predicted molar refractivity (Wildman–Crippen MR) is 66.2 cm³/mol. The van der Waals surface area contributed by atoms with Crippen LogP contribution in [0.25, 0.3) is 0 Å². The monoisotopic (exact) mass is 216 g/mol. The van der Waals surface area contributed by atoms with Crippen LogP contribution in [0.3, 0.4) is 0 Å². The first-order chi connectivity index (χ1) is 7.19. The van der Waals surface area contributed by atoms with Crippen LogP contribution in [0, 0.1) is 0 Å². The molecule has 0 fully saturated rings. The highest BCUT2D eigenvalue weighted by atomic mass is 16.3. The Morgan fingerprint density at radius 3 is 2.40 bits per heavy atom. The van der Waals surface area contributed by atoms with E-state index in [9.17, 15) is 0 Å². The van der Waals surface area contributed by atoms with Gasteiger partial charge in [-0.25, -0.2) is 0 Å². The van der Waals surface area contributed by atoms with Gasteiger partial charge in [0.15, 0.2) is 0 Å². The van der Waals surface area contributed by atoms with Crippen LogP contribution in [0.5, 0.6) is 0 Å². The van der Waals surface area contributed by atoms with Gasteiger partial charge < -0.3 is 10.4 Å². The van der Waals surface area contributed by atoms with Gasteiger partial charge in [0.25, 0.3) is 0 Å². The minimum atomic E-state index is 0.204. The van der Waals surface area contributed by atoms with Crippen molar-refractivity contribution in [3.8, 4) is 0 Å². The summed E-state index contributed by atoms with van der Waals surface area (Å²) in [6.07, 6.45) is 3.65. The van der Waals surface area contributed by atoms with Crippen LogP contribution >= 0.6 is 0 Å². The molecule has 0 aliphatic heterocycles. The van der Waals surface area contributed by atoms with Crippen molar-refractivity contribution >= 4 is 0 Å². The van der Waals surface area contributed by atoms with E-state index in [1.54, 1.807) is 0 Å². The first kappa shape index (κ1) is 14.9. The summed E-state index contributed by atoms with van der Waals surface area (Å²) in [5.74, 6) is 0. The maximum absolute atomic E-state index is 9.17. The number of nitrogens with one attached hydrogen (secondary N) is 1. The zero-order valence-electron chi connectivity index (χ0n) is 10.8. The minimum absolute atomic E-state index is 0.204. The second kappa shape index (κ2) is 9.13. The van der Waals surface area contributed by atoms with Crippen molar-refractivity contribution in [3.63, 3.8) is 0 Å². The standard InChI is InChI=1S/C12H28N2O/c1-5-7-8-14(11(3)6-2)9-12(10-15)13-4/h11-13,15H,5-10H2,1-4H3. The molecule has 3 heteroatoms. The van der Waals surface area contributed by atoms with Crippen molar-refractivity contribution in [2.45, 2.75) is 52.1 Å². The molecule has 0 rings (SSSR count). The van der Waals surface area contributed by atoms with E-state index in [1.807, 2.05) is 7.05 Å². The van der Waals surface area contributed by atoms with Crippen molar-refractivity contribution in [2.75, 3.05) is 26.7 Å². The molecular weight excluding hydrogens is 188 g/mol. The summed E-state index contributed by atoms with van der Waals surface area (Å²) in [4.78, 5) is 2.47. The molecule has 2 unspecified atom stereocenters. The van der Waals surface area contributed by atoms with Crippen LogP contribution in [0.1, 0.15) is 40.0 Å². The van der Waals surface area contributed by atoms with E-state index in [2.05, 4.69) is 31.0 Å². The van der Waals surface area contributed by atoms with Crippen molar-refractivity contribution in [2.24, 2.45) is 0 Å². The van der Waals surface area contributed by atoms with Gasteiger partial charge in [-0.2, -0.15) is 0 Å². The van der Waals surface area contributed by atoms with Crippen LogP contribution < -0.4 is 5.32 Å². The predicted octanol–water partition coefficient (Wildman–Crippen LogP) is 1.47. The molecule has 3 nitrogen and oxygen atoms in total. The molecule has 0 amide bonds. The third-order valence-electron chi connectivity index (χ3n) is 3.10. The summed E-state index contributed by atoms with van der Waals surface area (Å²) < 4.78 is 0. The van der Waals surface area contributed by atoms with Gasteiger partial charge in [-0.3, -0.25) is 4.90 Å². The summed E-state index contributed by atoms with van der Waals surface area (Å²) in [6, 6.07) is 0.815. The molecule has 0 saturated heterocycles. The molecule has 15 heavy (non-hydrogen) atoms. The molecule has 0 saturated carbocycles. The second-order valence-electron chi connectivity index (χ2n) is 4.27. The van der Waals surface area contributed by atoms with Crippen LogP contribution in [0.4, 0.5) is 0 Å². The van der Waals surface area contributed by atoms with Gasteiger partial charge in [-0.05, 0) is 33.4 Å². The molecule has 92 valence electrons. The molecule has 2 N–H and O–H groups in total. The second-order valence-corrected chi connectivity index (χ2v) is 4.27. The van der Waals surface area contributed by atoms with E-state index in [1.165, 1.54) is 19.3 Å². The number of hydrogen-bond acceptors (Lipinski definition) is 3. The normalized spacial score (nSPS) is 15.6. The number of aliphatic hydroxyl groups is 1. The Balaban J connectivity index is 4.09. The average Bonchev–Trinajstić information content (AvgIpc) is 2.28. The molecule has 0 aromatic carbocycles. The number of unbranched alkanes of at least 4 members (excludes halogenated alkanes) is 1. The van der Waals surface area contributed by atoms with Gasteiger partial charge in [-0.1, -0.05) is 20.3 Å². The Kier molecular flexibility index (Phi) is 9.06. The number of aliphatic hydroxyl groups excluding tert-OH is 1. The molecular formula is C12H28N2O. The lowest BCUT2D eigenvalue weighted by Crippen LogP contribution is -2.45. The number of rotatable bonds is 9. The Morgan fingerprint density at radius 2 is 2.00 bits per heavy atom. The van der Waals surface area contributed by atoms with E-state index in [-0.39, 0.29) is 12.6 Å². The van der Waals surface area contributed by atoms with Crippen molar-refractivity contribution in [1.82, 2.24) is 10.2 Å². The highest BCUT2D eigenvalue weighted by Crippen LogP contribution is 2.06. The van der Waals surface area contributed by atoms with Crippen molar-refractivity contribution in [3.05, 3.63) is 0 Å². The Morgan fingerprint density at radius 1 is 1.33 bits per heavy atom. The Labute approximate surface area is 94.9 Å². The quantitative estimate of drug-likeness (QED) is 0.612. The smallest absolute Gasteiger partial charge is 0.0597 e. The maximum atomic E-state index is 9.17. The topological polar surface area (TPSA) is 35.5 Å². The van der Waals surface area contributed by atoms with Gasteiger partial charge in [0.05, 0.1) is 6.61 Å². The SMILES string of the molecule is CCCCN(CC(CO)NC)C(C)CC. The van der Waals surface area contributed by atoms with Gasteiger partial charge in [-0.15, -0.1) is 0 Å². The highest BCUT2D eigenvalue weighted by Gasteiger charge is 2.15. The summed E-state index contributed by atoms with van der Waals surface area (Å²) in [6.45, 7) is 9.01. The number of nitrogens with zero attached hydrogens (tertiary/aromatic N) is 1. The van der Waals surface area contributed by atoms with Gasteiger partial charge in [0.2, 0.25) is 0 Å². The molecule has 0 aliphatic rings. The first-order valence-electron chi connectivity index (χ1n) is 6.21. The summed E-state index contributed by atoms with van der Waals surface area (Å²) in [5, 5.41) is 12.3. The fourth-order valence-electron chi connectivity index (χ4n) is 1.63. The molecule has 0 aromatic heterocycles. The largest absolute Gasteiger partial charge is 0.395 e. The summed E-state index contributed by atoms with van der Waals surface area (Å²) >= 11 is 0. The fourth-order valence-corrected chi connectivity index (χ4v) is 1.63. The van der Waals surface area contributed by atoms with E-state index in [4.69, 9.17) is 5.11 Å². The van der Waals surface area contributed by atoms with Gasteiger partial charge >= 0.3 is 0 Å². The third-order valence-corrected chi connectivity index (χ3v) is 3.10. The fraction of sp³-hybridized carbons (Fsp3) is 1.00. The van der Waals surface area contributed by atoms with Crippen molar-refractivity contribution in [1.29, 1.82) is 0 Å². The molecule has 0 aromatic rings. The average molecular weight is 216 g/mol. The van der Waals surface area contributed by atoms with Gasteiger partial charge in [0.1, 0.15) is 0 Å². The molecule has 0 bridgehead atoms. The van der Waals surface area contributed by atoms with Crippen LogP contribution in [0.2, 0.25) is 0 Å². The Bertz CT molecular complexity index is 138. The Hall–Kier alpha value is -0.120. The zero-order valence-corrected chi connectivity index (χ0v) is 10.8. The van der Waals surface area contributed by atoms with Gasteiger partial charge in [0, 0.05) is 18.6 Å². The van der Waals surface area contributed by atoms with E-state index in [0.717, 1.165) is 13.1 Å². The van der Waals surface area contributed by atoms with Crippen LogP contribution in [-0.2, 0) is 0 Å². The lowest BCUT2D eigenvalue weighted by atomic mass is 10.1. The number of hydrogen-bond donors (Lipinski definition) is 2. The number of likely N-dealkylation sites (N-methyl/N-ethyl adjacent to an activating group) is 1. The molecule has 0 heterocycles. The van der Waals surface area contributed by atoms with Crippen LogP contribution in [-0.4, -0.2) is 48.8 Å². The van der Waals surface area contributed by atoms with Crippen LogP contribution in [0.15, 0.2) is 0 Å².